The molecule has 0 fully saturated rings. The SMILES string of the molecule is COc1ccc(-c2csc3ncnc(N(C)CCCc4[nH]nc(N)c4C#N)c23)cc1. The van der Waals surface area contributed by atoms with E-state index in [4.69, 9.17) is 10.5 Å². The third kappa shape index (κ3) is 3.65. The van der Waals surface area contributed by atoms with Gasteiger partial charge in [-0.2, -0.15) is 10.4 Å². The highest BCUT2D eigenvalue weighted by molar-refractivity contribution is 7.17. The van der Waals surface area contributed by atoms with Crippen LogP contribution in [0.1, 0.15) is 17.7 Å². The van der Waals surface area contributed by atoms with E-state index in [0.29, 0.717) is 12.0 Å². The smallest absolute Gasteiger partial charge is 0.163 e. The molecule has 3 heterocycles. The number of anilines is 2. The van der Waals surface area contributed by atoms with Crippen LogP contribution < -0.4 is 15.4 Å². The van der Waals surface area contributed by atoms with Crippen LogP contribution in [-0.4, -0.2) is 40.9 Å². The average molecular weight is 420 g/mol. The third-order valence-corrected chi connectivity index (χ3v) is 5.90. The number of aryl methyl sites for hydroxylation is 1. The number of hydrogen-bond donors (Lipinski definition) is 2. The number of nitriles is 1. The van der Waals surface area contributed by atoms with Crippen molar-refractivity contribution in [1.82, 2.24) is 20.2 Å². The molecule has 0 bridgehead atoms. The topological polar surface area (TPSA) is 117 Å². The highest BCUT2D eigenvalue weighted by Crippen LogP contribution is 2.38. The number of nitrogen functional groups attached to an aromatic ring is 1. The monoisotopic (exact) mass is 419 g/mol. The van der Waals surface area contributed by atoms with Crippen molar-refractivity contribution in [3.05, 3.63) is 47.2 Å². The van der Waals surface area contributed by atoms with Gasteiger partial charge in [-0.1, -0.05) is 12.1 Å². The molecule has 0 saturated heterocycles. The summed E-state index contributed by atoms with van der Waals surface area (Å²) < 4.78 is 5.27. The van der Waals surface area contributed by atoms with Crippen molar-refractivity contribution in [3.63, 3.8) is 0 Å². The van der Waals surface area contributed by atoms with Gasteiger partial charge in [0.1, 0.15) is 34.4 Å². The molecule has 0 atom stereocenters. The molecule has 8 nitrogen and oxygen atoms in total. The highest BCUT2D eigenvalue weighted by atomic mass is 32.1. The van der Waals surface area contributed by atoms with Crippen molar-refractivity contribution in [2.75, 3.05) is 31.3 Å². The van der Waals surface area contributed by atoms with Crippen LogP contribution in [0.25, 0.3) is 21.3 Å². The molecule has 4 aromatic rings. The standard InChI is InChI=1S/C21H21N7OS/c1-28(9-3-4-17-15(10-22)19(23)27-26-17)20-18-16(11-30-21(18)25-12-24-20)13-5-7-14(29-2)8-6-13/h5-8,11-12H,3-4,9H2,1-2H3,(H3,23,26,27). The number of thiophene rings is 1. The zero-order chi connectivity index (χ0) is 21.1. The molecule has 0 unspecified atom stereocenters. The first-order valence-electron chi connectivity index (χ1n) is 9.43. The largest absolute Gasteiger partial charge is 0.497 e. The van der Waals surface area contributed by atoms with E-state index in [1.165, 1.54) is 0 Å². The molecular weight excluding hydrogens is 398 g/mol. The molecule has 0 aliphatic heterocycles. The predicted molar refractivity (Wildman–Crippen MR) is 119 cm³/mol. The number of hydrogen-bond acceptors (Lipinski definition) is 8. The summed E-state index contributed by atoms with van der Waals surface area (Å²) in [6.45, 7) is 0.758. The number of methoxy groups -OCH3 is 1. The number of ether oxygens (including phenoxy) is 1. The molecule has 0 radical (unpaired) electrons. The van der Waals surface area contributed by atoms with Gasteiger partial charge in [-0.15, -0.1) is 11.3 Å². The summed E-state index contributed by atoms with van der Waals surface area (Å²) in [5, 5.41) is 19.2. The van der Waals surface area contributed by atoms with Crippen molar-refractivity contribution in [2.45, 2.75) is 12.8 Å². The first kappa shape index (κ1) is 19.7. The van der Waals surface area contributed by atoms with E-state index < -0.39 is 0 Å². The fourth-order valence-electron chi connectivity index (χ4n) is 3.43. The van der Waals surface area contributed by atoms with Crippen LogP contribution in [-0.2, 0) is 6.42 Å². The second-order valence-electron chi connectivity index (χ2n) is 6.85. The Balaban J connectivity index is 1.57. The Labute approximate surface area is 177 Å². The quantitative estimate of drug-likeness (QED) is 0.470. The van der Waals surface area contributed by atoms with Gasteiger partial charge in [-0.25, -0.2) is 9.97 Å². The van der Waals surface area contributed by atoms with Gasteiger partial charge in [-0.3, -0.25) is 5.10 Å². The molecule has 9 heteroatoms. The molecule has 0 spiro atoms. The lowest BCUT2D eigenvalue weighted by Gasteiger charge is -2.19. The van der Waals surface area contributed by atoms with E-state index in [-0.39, 0.29) is 5.82 Å². The van der Waals surface area contributed by atoms with Gasteiger partial charge >= 0.3 is 0 Å². The Morgan fingerprint density at radius 1 is 1.27 bits per heavy atom. The summed E-state index contributed by atoms with van der Waals surface area (Å²) in [7, 11) is 3.68. The van der Waals surface area contributed by atoms with E-state index in [9.17, 15) is 5.26 Å². The van der Waals surface area contributed by atoms with E-state index in [1.807, 2.05) is 31.3 Å². The van der Waals surface area contributed by atoms with Crippen molar-refractivity contribution in [3.8, 4) is 22.9 Å². The maximum absolute atomic E-state index is 9.22. The fourth-order valence-corrected chi connectivity index (χ4v) is 4.34. The van der Waals surface area contributed by atoms with E-state index in [2.05, 4.69) is 36.5 Å². The number of aromatic nitrogens is 4. The Bertz CT molecular complexity index is 1210. The van der Waals surface area contributed by atoms with E-state index >= 15 is 0 Å². The van der Waals surface area contributed by atoms with Crippen LogP contribution in [0.2, 0.25) is 0 Å². The number of rotatable bonds is 7. The van der Waals surface area contributed by atoms with Crippen molar-refractivity contribution < 1.29 is 4.74 Å². The molecule has 3 N–H and O–H groups in total. The zero-order valence-corrected chi connectivity index (χ0v) is 17.5. The van der Waals surface area contributed by atoms with Crippen LogP contribution in [0, 0.1) is 11.3 Å². The average Bonchev–Trinajstić information content (AvgIpc) is 3.36. The van der Waals surface area contributed by atoms with Crippen LogP contribution in [0.3, 0.4) is 0 Å². The normalized spacial score (nSPS) is 10.8. The lowest BCUT2D eigenvalue weighted by atomic mass is 10.1. The maximum atomic E-state index is 9.22. The second kappa shape index (κ2) is 8.39. The molecule has 0 aliphatic carbocycles. The van der Waals surface area contributed by atoms with Gasteiger partial charge in [0.05, 0.1) is 18.2 Å². The number of nitrogens with one attached hydrogen (secondary N) is 1. The summed E-state index contributed by atoms with van der Waals surface area (Å²) in [4.78, 5) is 12.1. The molecule has 152 valence electrons. The van der Waals surface area contributed by atoms with Gasteiger partial charge in [0.15, 0.2) is 5.82 Å². The molecule has 0 aliphatic rings. The molecular formula is C21H21N7OS. The number of nitrogens with zero attached hydrogens (tertiary/aromatic N) is 5. The molecule has 0 amide bonds. The zero-order valence-electron chi connectivity index (χ0n) is 16.7. The second-order valence-corrected chi connectivity index (χ2v) is 7.71. The van der Waals surface area contributed by atoms with Gasteiger partial charge in [0.25, 0.3) is 0 Å². The Morgan fingerprint density at radius 2 is 2.07 bits per heavy atom. The molecule has 0 saturated carbocycles. The number of H-pyrrole nitrogens is 1. The van der Waals surface area contributed by atoms with Gasteiger partial charge < -0.3 is 15.4 Å². The van der Waals surface area contributed by atoms with E-state index in [0.717, 1.165) is 51.6 Å². The minimum Gasteiger partial charge on any atom is -0.497 e. The molecule has 30 heavy (non-hydrogen) atoms. The van der Waals surface area contributed by atoms with E-state index in [1.54, 1.807) is 24.8 Å². The maximum Gasteiger partial charge on any atom is 0.163 e. The first-order valence-corrected chi connectivity index (χ1v) is 10.3. The number of fused-ring (bicyclic) bond motifs is 1. The summed E-state index contributed by atoms with van der Waals surface area (Å²) in [5.74, 6) is 1.96. The first-order chi connectivity index (χ1) is 14.6. The number of benzene rings is 1. The molecule has 4 rings (SSSR count). The van der Waals surface area contributed by atoms with Gasteiger partial charge in [0, 0.05) is 24.5 Å². The summed E-state index contributed by atoms with van der Waals surface area (Å²) in [6.07, 6.45) is 3.10. The van der Waals surface area contributed by atoms with Crippen molar-refractivity contribution in [2.24, 2.45) is 0 Å². The minimum absolute atomic E-state index is 0.251. The Kier molecular flexibility index (Phi) is 5.50. The summed E-state index contributed by atoms with van der Waals surface area (Å²) >= 11 is 1.61. The lowest BCUT2D eigenvalue weighted by Crippen LogP contribution is -2.20. The van der Waals surface area contributed by atoms with Crippen LogP contribution >= 0.6 is 11.3 Å². The van der Waals surface area contributed by atoms with Crippen molar-refractivity contribution >= 4 is 33.2 Å². The lowest BCUT2D eigenvalue weighted by molar-refractivity contribution is 0.415. The molecule has 3 aromatic heterocycles. The fraction of sp³-hybridized carbons (Fsp3) is 0.238. The predicted octanol–water partition coefficient (Wildman–Crippen LogP) is 3.61. The Morgan fingerprint density at radius 3 is 2.80 bits per heavy atom. The number of aromatic amines is 1. The van der Waals surface area contributed by atoms with Crippen LogP contribution in [0.4, 0.5) is 11.6 Å². The highest BCUT2D eigenvalue weighted by Gasteiger charge is 2.16. The van der Waals surface area contributed by atoms with Crippen molar-refractivity contribution in [1.29, 1.82) is 5.26 Å². The minimum atomic E-state index is 0.251. The Hall–Kier alpha value is -3.64. The summed E-state index contributed by atoms with van der Waals surface area (Å²) in [5.41, 5.74) is 9.12. The van der Waals surface area contributed by atoms with Gasteiger partial charge in [-0.05, 0) is 30.5 Å². The summed E-state index contributed by atoms with van der Waals surface area (Å²) in [6, 6.07) is 10.1. The number of nitrogens with two attached hydrogens (primary N) is 1. The van der Waals surface area contributed by atoms with Crippen LogP contribution in [0.5, 0.6) is 5.75 Å². The van der Waals surface area contributed by atoms with Gasteiger partial charge in [0.2, 0.25) is 0 Å². The third-order valence-electron chi connectivity index (χ3n) is 5.01. The molecule has 1 aromatic carbocycles. The van der Waals surface area contributed by atoms with Crippen LogP contribution in [0.15, 0.2) is 36.0 Å².